The summed E-state index contributed by atoms with van der Waals surface area (Å²) in [5, 5.41) is 5.82. The maximum Gasteiger partial charge on any atom is 0.409 e. The predicted octanol–water partition coefficient (Wildman–Crippen LogP) is 2.11. The largest absolute Gasteiger partial charge is 0.450 e. The third kappa shape index (κ3) is 5.97. The van der Waals surface area contributed by atoms with Crippen LogP contribution in [0.2, 0.25) is 0 Å². The molecule has 1 aromatic carbocycles. The normalized spacial score (nSPS) is 15.0. The zero-order valence-corrected chi connectivity index (χ0v) is 17.0. The first-order valence-corrected chi connectivity index (χ1v) is 9.89. The van der Waals surface area contributed by atoms with E-state index in [1.165, 1.54) is 0 Å². The molecule has 1 aromatic rings. The molecule has 0 aliphatic carbocycles. The fourth-order valence-corrected chi connectivity index (χ4v) is 3.08. The van der Waals surface area contributed by atoms with Crippen LogP contribution in [0.5, 0.6) is 0 Å². The molecule has 28 heavy (non-hydrogen) atoms. The Hall–Kier alpha value is -2.57. The Bertz CT molecular complexity index is 667. The molecule has 0 bridgehead atoms. The number of ether oxygens (including phenoxy) is 1. The van der Waals surface area contributed by atoms with Gasteiger partial charge in [-0.2, -0.15) is 0 Å². The lowest BCUT2D eigenvalue weighted by molar-refractivity contribution is -0.141. The highest BCUT2D eigenvalue weighted by Gasteiger charge is 2.37. The fraction of sp³-hybridized carbons (Fsp3) is 0.571. The number of hydrogen-bond acceptors (Lipinski definition) is 4. The van der Waals surface area contributed by atoms with Crippen LogP contribution >= 0.6 is 0 Å². The summed E-state index contributed by atoms with van der Waals surface area (Å²) in [5.41, 5.74) is -0.0204. The summed E-state index contributed by atoms with van der Waals surface area (Å²) in [4.78, 5) is 38.5. The molecule has 7 heteroatoms. The second-order valence-corrected chi connectivity index (χ2v) is 7.55. The molecule has 1 saturated heterocycles. The van der Waals surface area contributed by atoms with E-state index in [-0.39, 0.29) is 23.9 Å². The van der Waals surface area contributed by atoms with Gasteiger partial charge in [-0.1, -0.05) is 30.3 Å². The summed E-state index contributed by atoms with van der Waals surface area (Å²) in [6.07, 6.45) is 1.70. The Kier molecular flexibility index (Phi) is 7.84. The van der Waals surface area contributed by atoms with Crippen molar-refractivity contribution in [1.29, 1.82) is 0 Å². The van der Waals surface area contributed by atoms with Crippen molar-refractivity contribution in [3.05, 3.63) is 35.9 Å². The summed E-state index contributed by atoms with van der Waals surface area (Å²) in [6.45, 7) is 6.95. The van der Waals surface area contributed by atoms with E-state index in [1.54, 1.807) is 25.7 Å². The van der Waals surface area contributed by atoms with Crippen LogP contribution in [0, 0.1) is 5.41 Å². The van der Waals surface area contributed by atoms with Gasteiger partial charge < -0.3 is 20.3 Å². The lowest BCUT2D eigenvalue weighted by Gasteiger charge is -2.33. The number of carbonyl (C=O) groups excluding carboxylic acids is 3. The van der Waals surface area contributed by atoms with E-state index in [0.717, 1.165) is 12.0 Å². The van der Waals surface area contributed by atoms with Crippen LogP contribution in [0.1, 0.15) is 39.2 Å². The van der Waals surface area contributed by atoms with Gasteiger partial charge in [-0.15, -0.1) is 0 Å². The number of benzene rings is 1. The van der Waals surface area contributed by atoms with Crippen molar-refractivity contribution in [1.82, 2.24) is 15.5 Å². The van der Waals surface area contributed by atoms with Crippen LogP contribution in [0.3, 0.4) is 0 Å². The summed E-state index contributed by atoms with van der Waals surface area (Å²) in [7, 11) is 0. The SMILES string of the molecule is CCOC(=O)N1CCC(NC(=O)C(C)(C)C(=O)NCCc2ccccc2)CC1. The maximum absolute atomic E-state index is 12.6. The summed E-state index contributed by atoms with van der Waals surface area (Å²) < 4.78 is 5.00. The van der Waals surface area contributed by atoms with E-state index < -0.39 is 5.41 Å². The Morgan fingerprint density at radius 1 is 1.11 bits per heavy atom. The standard InChI is InChI=1S/C21H31N3O4/c1-4-28-20(27)24-14-11-17(12-15-24)23-19(26)21(2,3)18(25)22-13-10-16-8-6-5-7-9-16/h5-9,17H,4,10-15H2,1-3H3,(H,22,25)(H,23,26). The molecule has 1 fully saturated rings. The molecule has 0 atom stereocenters. The number of carbonyl (C=O) groups is 3. The van der Waals surface area contributed by atoms with Crippen LogP contribution in [0.25, 0.3) is 0 Å². The maximum atomic E-state index is 12.6. The van der Waals surface area contributed by atoms with Crippen LogP contribution in [-0.4, -0.2) is 55.1 Å². The molecule has 1 aliphatic heterocycles. The minimum Gasteiger partial charge on any atom is -0.450 e. The molecular weight excluding hydrogens is 358 g/mol. The Labute approximate surface area is 166 Å². The number of nitrogens with zero attached hydrogens (tertiary/aromatic N) is 1. The Morgan fingerprint density at radius 2 is 1.75 bits per heavy atom. The zero-order chi connectivity index (χ0) is 20.6. The Balaban J connectivity index is 1.77. The van der Waals surface area contributed by atoms with Crippen LogP contribution in [0.15, 0.2) is 30.3 Å². The van der Waals surface area contributed by atoms with Gasteiger partial charge in [0.1, 0.15) is 5.41 Å². The van der Waals surface area contributed by atoms with Gasteiger partial charge in [0.2, 0.25) is 11.8 Å². The van der Waals surface area contributed by atoms with E-state index >= 15 is 0 Å². The number of rotatable bonds is 7. The number of likely N-dealkylation sites (tertiary alicyclic amines) is 1. The molecule has 2 rings (SSSR count). The number of nitrogens with one attached hydrogen (secondary N) is 2. The van der Waals surface area contributed by atoms with E-state index in [2.05, 4.69) is 10.6 Å². The molecule has 154 valence electrons. The highest BCUT2D eigenvalue weighted by atomic mass is 16.6. The van der Waals surface area contributed by atoms with Crippen molar-refractivity contribution < 1.29 is 19.1 Å². The minimum atomic E-state index is -1.16. The van der Waals surface area contributed by atoms with Gasteiger partial charge in [-0.25, -0.2) is 4.79 Å². The first-order valence-electron chi connectivity index (χ1n) is 9.89. The number of amides is 3. The number of piperidine rings is 1. The molecule has 0 saturated carbocycles. The molecule has 0 aromatic heterocycles. The van der Waals surface area contributed by atoms with Crippen LogP contribution in [-0.2, 0) is 20.7 Å². The van der Waals surface area contributed by atoms with E-state index in [0.29, 0.717) is 39.1 Å². The van der Waals surface area contributed by atoms with E-state index in [1.807, 2.05) is 30.3 Å². The van der Waals surface area contributed by atoms with Gasteiger partial charge >= 0.3 is 6.09 Å². The van der Waals surface area contributed by atoms with Crippen molar-refractivity contribution >= 4 is 17.9 Å². The van der Waals surface area contributed by atoms with Gasteiger partial charge in [0.15, 0.2) is 0 Å². The van der Waals surface area contributed by atoms with Crippen molar-refractivity contribution in [3.63, 3.8) is 0 Å². The van der Waals surface area contributed by atoms with Crippen molar-refractivity contribution in [2.75, 3.05) is 26.2 Å². The second-order valence-electron chi connectivity index (χ2n) is 7.55. The highest BCUT2D eigenvalue weighted by molar-refractivity contribution is 6.04. The molecule has 0 spiro atoms. The van der Waals surface area contributed by atoms with Crippen molar-refractivity contribution in [3.8, 4) is 0 Å². The third-order valence-corrected chi connectivity index (χ3v) is 5.03. The molecule has 3 amide bonds. The van der Waals surface area contributed by atoms with Crippen LogP contribution in [0.4, 0.5) is 4.79 Å². The quantitative estimate of drug-likeness (QED) is 0.699. The van der Waals surface area contributed by atoms with Gasteiger partial charge in [0.05, 0.1) is 6.61 Å². The minimum absolute atomic E-state index is 0.0467. The predicted molar refractivity (Wildman–Crippen MR) is 107 cm³/mol. The zero-order valence-electron chi connectivity index (χ0n) is 17.0. The summed E-state index contributed by atoms with van der Waals surface area (Å²) >= 11 is 0. The first kappa shape index (κ1) is 21.7. The topological polar surface area (TPSA) is 87.7 Å². The molecule has 1 heterocycles. The lowest BCUT2D eigenvalue weighted by Crippen LogP contribution is -2.53. The third-order valence-electron chi connectivity index (χ3n) is 5.03. The van der Waals surface area contributed by atoms with Gasteiger partial charge in [-0.05, 0) is 45.6 Å². The van der Waals surface area contributed by atoms with E-state index in [9.17, 15) is 14.4 Å². The first-order chi connectivity index (χ1) is 13.3. The molecule has 7 nitrogen and oxygen atoms in total. The van der Waals surface area contributed by atoms with Gasteiger partial charge in [-0.3, -0.25) is 9.59 Å². The summed E-state index contributed by atoms with van der Waals surface area (Å²) in [5.74, 6) is -0.579. The molecular formula is C21H31N3O4. The molecule has 0 radical (unpaired) electrons. The second kappa shape index (κ2) is 10.1. The average molecular weight is 389 g/mol. The average Bonchev–Trinajstić information content (AvgIpc) is 2.69. The van der Waals surface area contributed by atoms with Gasteiger partial charge in [0, 0.05) is 25.7 Å². The molecule has 2 N–H and O–H groups in total. The van der Waals surface area contributed by atoms with Gasteiger partial charge in [0.25, 0.3) is 0 Å². The lowest BCUT2D eigenvalue weighted by atomic mass is 9.90. The smallest absolute Gasteiger partial charge is 0.409 e. The fourth-order valence-electron chi connectivity index (χ4n) is 3.08. The summed E-state index contributed by atoms with van der Waals surface area (Å²) in [6, 6.07) is 9.84. The number of hydrogen-bond donors (Lipinski definition) is 2. The van der Waals surface area contributed by atoms with Crippen molar-refractivity contribution in [2.24, 2.45) is 5.41 Å². The van der Waals surface area contributed by atoms with E-state index in [4.69, 9.17) is 4.74 Å². The molecule has 0 unspecified atom stereocenters. The van der Waals surface area contributed by atoms with Crippen LogP contribution < -0.4 is 10.6 Å². The Morgan fingerprint density at radius 3 is 2.36 bits per heavy atom. The van der Waals surface area contributed by atoms with Crippen molar-refractivity contribution in [2.45, 2.75) is 46.1 Å². The monoisotopic (exact) mass is 389 g/mol. The highest BCUT2D eigenvalue weighted by Crippen LogP contribution is 2.18. The molecule has 1 aliphatic rings.